The van der Waals surface area contributed by atoms with Gasteiger partial charge in [0.25, 0.3) is 0 Å². The number of ether oxygens (including phenoxy) is 1. The molecule has 2 heterocycles. The maximum absolute atomic E-state index is 13.8. The van der Waals surface area contributed by atoms with Crippen molar-refractivity contribution >= 4 is 17.8 Å². The van der Waals surface area contributed by atoms with Crippen LogP contribution in [0.2, 0.25) is 0 Å². The van der Waals surface area contributed by atoms with E-state index in [1.54, 1.807) is 11.8 Å². The number of rotatable bonds is 7. The molecular formula is C25H34N2O4. The van der Waals surface area contributed by atoms with Crippen LogP contribution < -0.4 is 0 Å². The molecule has 1 aromatic carbocycles. The summed E-state index contributed by atoms with van der Waals surface area (Å²) in [7, 11) is 0. The van der Waals surface area contributed by atoms with Gasteiger partial charge in [-0.1, -0.05) is 50.6 Å². The quantitative estimate of drug-likeness (QED) is 0.627. The summed E-state index contributed by atoms with van der Waals surface area (Å²) in [5.41, 5.74) is 1.11. The maximum atomic E-state index is 13.8. The van der Waals surface area contributed by atoms with E-state index in [1.807, 2.05) is 42.2 Å². The van der Waals surface area contributed by atoms with E-state index in [-0.39, 0.29) is 29.9 Å². The molecule has 2 saturated heterocycles. The summed E-state index contributed by atoms with van der Waals surface area (Å²) in [5, 5.41) is 0. The molecule has 6 heteroatoms. The molecule has 0 bridgehead atoms. The predicted octanol–water partition coefficient (Wildman–Crippen LogP) is 3.33. The average Bonchev–Trinajstić information content (AvgIpc) is 3.26. The molecule has 0 aromatic heterocycles. The fourth-order valence-electron chi connectivity index (χ4n) is 6.11. The number of hydrogen-bond donors (Lipinski definition) is 0. The maximum Gasteiger partial charge on any atom is 0.328 e. The Morgan fingerprint density at radius 1 is 1.19 bits per heavy atom. The zero-order valence-electron chi connectivity index (χ0n) is 18.9. The van der Waals surface area contributed by atoms with Crippen LogP contribution in [0.15, 0.2) is 30.3 Å². The molecule has 3 fully saturated rings. The Morgan fingerprint density at radius 2 is 1.94 bits per heavy atom. The Labute approximate surface area is 184 Å². The first kappa shape index (κ1) is 21.8. The van der Waals surface area contributed by atoms with E-state index in [4.69, 9.17) is 4.74 Å². The summed E-state index contributed by atoms with van der Waals surface area (Å²) in [6, 6.07) is 8.29. The van der Waals surface area contributed by atoms with E-state index >= 15 is 0 Å². The third-order valence-electron chi connectivity index (χ3n) is 7.61. The van der Waals surface area contributed by atoms with Gasteiger partial charge in [0.2, 0.25) is 11.8 Å². The van der Waals surface area contributed by atoms with Crippen LogP contribution in [0, 0.1) is 5.41 Å². The van der Waals surface area contributed by atoms with Crippen LogP contribution in [0.1, 0.15) is 64.9 Å². The molecule has 1 aromatic rings. The van der Waals surface area contributed by atoms with Gasteiger partial charge >= 0.3 is 5.97 Å². The van der Waals surface area contributed by atoms with Crippen molar-refractivity contribution in [1.82, 2.24) is 9.80 Å². The topological polar surface area (TPSA) is 66.9 Å². The number of amides is 2. The van der Waals surface area contributed by atoms with E-state index < -0.39 is 24.1 Å². The lowest BCUT2D eigenvalue weighted by Gasteiger charge is -2.46. The zero-order chi connectivity index (χ0) is 22.2. The fourth-order valence-corrected chi connectivity index (χ4v) is 6.11. The Bertz CT molecular complexity index is 841. The highest BCUT2D eigenvalue weighted by Gasteiger charge is 2.61. The van der Waals surface area contributed by atoms with Crippen molar-refractivity contribution in [3.8, 4) is 0 Å². The molecule has 5 atom stereocenters. The number of piperazine rings is 1. The van der Waals surface area contributed by atoms with Gasteiger partial charge in [-0.2, -0.15) is 0 Å². The Balaban J connectivity index is 1.64. The minimum absolute atomic E-state index is 0.00769. The van der Waals surface area contributed by atoms with Gasteiger partial charge in [0.15, 0.2) is 0 Å². The standard InChI is InChI=1S/C25H34N2O4/c1-4-18-22(28)27-20(16-25(3)15-9-12-21(25)27)23(29)26(18)19(24(30)31-5-2)14-13-17-10-7-6-8-11-17/h6-8,10-11,18-21H,4-5,9,12-16H2,1-3H3/t18-,19-,20?,21-,25?/m0/s1. The molecule has 31 heavy (non-hydrogen) atoms. The Kier molecular flexibility index (Phi) is 6.09. The van der Waals surface area contributed by atoms with Crippen LogP contribution >= 0.6 is 0 Å². The molecule has 0 N–H and O–H groups in total. The summed E-state index contributed by atoms with van der Waals surface area (Å²) < 4.78 is 5.37. The zero-order valence-corrected chi connectivity index (χ0v) is 18.9. The number of aryl methyl sites for hydroxylation is 1. The molecule has 168 valence electrons. The normalized spacial score (nSPS) is 30.9. The van der Waals surface area contributed by atoms with Gasteiger partial charge < -0.3 is 14.5 Å². The number of benzene rings is 1. The number of hydrogen-bond acceptors (Lipinski definition) is 4. The first-order chi connectivity index (χ1) is 14.9. The van der Waals surface area contributed by atoms with Crippen molar-refractivity contribution in [3.05, 3.63) is 35.9 Å². The van der Waals surface area contributed by atoms with Crippen molar-refractivity contribution in [1.29, 1.82) is 0 Å². The number of carbonyl (C=O) groups excluding carboxylic acids is 3. The lowest BCUT2D eigenvalue weighted by atomic mass is 9.83. The van der Waals surface area contributed by atoms with E-state index in [9.17, 15) is 14.4 Å². The van der Waals surface area contributed by atoms with Gasteiger partial charge in [0, 0.05) is 6.04 Å². The van der Waals surface area contributed by atoms with Crippen LogP contribution in [0.3, 0.4) is 0 Å². The minimum Gasteiger partial charge on any atom is -0.464 e. The molecular weight excluding hydrogens is 392 g/mol. The average molecular weight is 427 g/mol. The second-order valence-electron chi connectivity index (χ2n) is 9.49. The molecule has 0 spiro atoms. The minimum atomic E-state index is -0.739. The van der Waals surface area contributed by atoms with Gasteiger partial charge in [-0.3, -0.25) is 9.59 Å². The van der Waals surface area contributed by atoms with Gasteiger partial charge in [-0.25, -0.2) is 4.79 Å². The molecule has 2 aliphatic heterocycles. The van der Waals surface area contributed by atoms with Crippen molar-refractivity contribution < 1.29 is 19.1 Å². The van der Waals surface area contributed by atoms with Crippen LogP contribution in [0.4, 0.5) is 0 Å². The third kappa shape index (κ3) is 3.74. The number of carbonyl (C=O) groups is 3. The predicted molar refractivity (Wildman–Crippen MR) is 117 cm³/mol. The van der Waals surface area contributed by atoms with Crippen molar-refractivity contribution in [2.45, 2.75) is 89.9 Å². The number of fused-ring (bicyclic) bond motifs is 3. The van der Waals surface area contributed by atoms with Crippen molar-refractivity contribution in [3.63, 3.8) is 0 Å². The van der Waals surface area contributed by atoms with Crippen LogP contribution in [0.5, 0.6) is 0 Å². The molecule has 2 amide bonds. The highest BCUT2D eigenvalue weighted by atomic mass is 16.5. The fraction of sp³-hybridized carbons (Fsp3) is 0.640. The lowest BCUT2D eigenvalue weighted by molar-refractivity contribution is -0.171. The summed E-state index contributed by atoms with van der Waals surface area (Å²) in [6.07, 6.45) is 5.42. The first-order valence-electron chi connectivity index (χ1n) is 11.8. The first-order valence-corrected chi connectivity index (χ1v) is 11.8. The lowest BCUT2D eigenvalue weighted by Crippen LogP contribution is -2.67. The Morgan fingerprint density at radius 3 is 2.61 bits per heavy atom. The molecule has 1 saturated carbocycles. The van der Waals surface area contributed by atoms with Crippen LogP contribution in [0.25, 0.3) is 0 Å². The van der Waals surface area contributed by atoms with E-state index in [0.717, 1.165) is 24.8 Å². The molecule has 4 rings (SSSR count). The SMILES string of the molecule is CCOC(=O)[C@H](CCc1ccccc1)N1C(=O)C2CC3(C)CCC[C@@H]3N2C(=O)[C@@H]1CC. The molecule has 1 aliphatic carbocycles. The monoisotopic (exact) mass is 426 g/mol. The van der Waals surface area contributed by atoms with Crippen LogP contribution in [-0.4, -0.2) is 58.4 Å². The smallest absolute Gasteiger partial charge is 0.328 e. The second-order valence-corrected chi connectivity index (χ2v) is 9.49. The van der Waals surface area contributed by atoms with Gasteiger partial charge in [0.05, 0.1) is 6.61 Å². The third-order valence-corrected chi connectivity index (χ3v) is 7.61. The highest BCUT2D eigenvalue weighted by molar-refractivity contribution is 6.00. The Hall–Kier alpha value is -2.37. The number of nitrogens with zero attached hydrogens (tertiary/aromatic N) is 2. The summed E-state index contributed by atoms with van der Waals surface area (Å²) in [4.78, 5) is 43.9. The summed E-state index contributed by atoms with van der Waals surface area (Å²) in [6.45, 7) is 6.16. The van der Waals surface area contributed by atoms with Gasteiger partial charge in [-0.15, -0.1) is 0 Å². The second kappa shape index (κ2) is 8.64. The summed E-state index contributed by atoms with van der Waals surface area (Å²) in [5.74, 6) is -0.471. The van der Waals surface area contributed by atoms with E-state index in [1.165, 1.54) is 0 Å². The number of esters is 1. The van der Waals surface area contributed by atoms with Crippen molar-refractivity contribution in [2.75, 3.05) is 6.61 Å². The van der Waals surface area contributed by atoms with Crippen molar-refractivity contribution in [2.24, 2.45) is 5.41 Å². The molecule has 3 aliphatic rings. The highest BCUT2D eigenvalue weighted by Crippen LogP contribution is 2.53. The van der Waals surface area contributed by atoms with E-state index in [0.29, 0.717) is 25.7 Å². The largest absolute Gasteiger partial charge is 0.464 e. The van der Waals surface area contributed by atoms with Gasteiger partial charge in [-0.05, 0) is 56.4 Å². The molecule has 2 unspecified atom stereocenters. The summed E-state index contributed by atoms with van der Waals surface area (Å²) >= 11 is 0. The van der Waals surface area contributed by atoms with Gasteiger partial charge in [0.1, 0.15) is 18.1 Å². The van der Waals surface area contributed by atoms with E-state index in [2.05, 4.69) is 6.92 Å². The molecule has 0 radical (unpaired) electrons. The van der Waals surface area contributed by atoms with Crippen LogP contribution in [-0.2, 0) is 25.5 Å². The molecule has 6 nitrogen and oxygen atoms in total.